The SMILES string of the molecule is C1=Cc2ncc(-c3ccc4c(c3)Nc3nccnc3S4)n2C=CC1. The molecular formula is C18H13N5S. The van der Waals surface area contributed by atoms with E-state index in [-0.39, 0.29) is 0 Å². The Kier molecular flexibility index (Phi) is 3.02. The van der Waals surface area contributed by atoms with Crippen LogP contribution in [0.1, 0.15) is 12.2 Å². The van der Waals surface area contributed by atoms with Crippen LogP contribution in [0.5, 0.6) is 0 Å². The Morgan fingerprint density at radius 1 is 1.08 bits per heavy atom. The molecule has 4 heterocycles. The third-order valence-electron chi connectivity index (χ3n) is 4.02. The van der Waals surface area contributed by atoms with Crippen LogP contribution >= 0.6 is 11.8 Å². The summed E-state index contributed by atoms with van der Waals surface area (Å²) < 4.78 is 2.12. The molecule has 2 aliphatic heterocycles. The van der Waals surface area contributed by atoms with Gasteiger partial charge in [0.15, 0.2) is 5.82 Å². The van der Waals surface area contributed by atoms with Gasteiger partial charge in [-0.1, -0.05) is 30.0 Å². The van der Waals surface area contributed by atoms with Crippen molar-refractivity contribution in [3.05, 3.63) is 54.8 Å². The van der Waals surface area contributed by atoms with E-state index >= 15 is 0 Å². The molecule has 0 atom stereocenters. The van der Waals surface area contributed by atoms with Gasteiger partial charge in [0.1, 0.15) is 10.9 Å². The van der Waals surface area contributed by atoms with Crippen molar-refractivity contribution in [2.45, 2.75) is 16.3 Å². The maximum Gasteiger partial charge on any atom is 0.163 e. The van der Waals surface area contributed by atoms with Crippen LogP contribution in [0.4, 0.5) is 11.5 Å². The zero-order valence-corrected chi connectivity index (χ0v) is 13.5. The first kappa shape index (κ1) is 13.6. The fourth-order valence-corrected chi connectivity index (χ4v) is 3.76. The molecule has 0 radical (unpaired) electrons. The van der Waals surface area contributed by atoms with E-state index in [4.69, 9.17) is 0 Å². The first-order valence-corrected chi connectivity index (χ1v) is 8.51. The summed E-state index contributed by atoms with van der Waals surface area (Å²) in [6.45, 7) is 0. The zero-order chi connectivity index (χ0) is 15.9. The van der Waals surface area contributed by atoms with Gasteiger partial charge < -0.3 is 9.88 Å². The van der Waals surface area contributed by atoms with E-state index < -0.39 is 0 Å². The Morgan fingerprint density at radius 3 is 3.04 bits per heavy atom. The average Bonchev–Trinajstić information content (AvgIpc) is 2.88. The van der Waals surface area contributed by atoms with Crippen LogP contribution in [-0.2, 0) is 0 Å². The Labute approximate surface area is 143 Å². The lowest BCUT2D eigenvalue weighted by Crippen LogP contribution is -2.03. The highest BCUT2D eigenvalue weighted by Crippen LogP contribution is 2.43. The van der Waals surface area contributed by atoms with E-state index in [0.717, 1.165) is 44.9 Å². The smallest absolute Gasteiger partial charge is 0.163 e. The predicted molar refractivity (Wildman–Crippen MR) is 96.1 cm³/mol. The van der Waals surface area contributed by atoms with Crippen molar-refractivity contribution in [3.8, 4) is 11.3 Å². The number of anilines is 2. The molecule has 2 aliphatic rings. The molecule has 5 nitrogen and oxygen atoms in total. The summed E-state index contributed by atoms with van der Waals surface area (Å²) >= 11 is 1.64. The second-order valence-electron chi connectivity index (χ2n) is 5.54. The Balaban J connectivity index is 1.59. The van der Waals surface area contributed by atoms with Crippen LogP contribution in [0.3, 0.4) is 0 Å². The van der Waals surface area contributed by atoms with E-state index in [2.05, 4.69) is 67.5 Å². The molecule has 0 saturated heterocycles. The van der Waals surface area contributed by atoms with E-state index in [9.17, 15) is 0 Å². The van der Waals surface area contributed by atoms with Gasteiger partial charge in [-0.25, -0.2) is 15.0 Å². The average molecular weight is 331 g/mol. The molecular weight excluding hydrogens is 318 g/mol. The van der Waals surface area contributed by atoms with Crippen molar-refractivity contribution in [3.63, 3.8) is 0 Å². The number of nitrogens with one attached hydrogen (secondary N) is 1. The molecule has 6 heteroatoms. The van der Waals surface area contributed by atoms with Gasteiger partial charge in [0, 0.05) is 29.1 Å². The highest BCUT2D eigenvalue weighted by Gasteiger charge is 2.19. The van der Waals surface area contributed by atoms with Crippen molar-refractivity contribution in [1.82, 2.24) is 19.5 Å². The molecule has 0 amide bonds. The standard InChI is InChI=1S/C18H13N5S/c1-2-4-16-21-11-14(23(16)9-3-1)12-5-6-15-13(10-12)22-17-18(24-15)20-8-7-19-17/h2-11H,1H2,(H,19,22). The molecule has 5 rings (SSSR count). The van der Waals surface area contributed by atoms with E-state index in [1.807, 2.05) is 6.20 Å². The molecule has 0 bridgehead atoms. The van der Waals surface area contributed by atoms with Crippen molar-refractivity contribution >= 4 is 35.5 Å². The summed E-state index contributed by atoms with van der Waals surface area (Å²) in [6, 6.07) is 6.39. The fraction of sp³-hybridized carbons (Fsp3) is 0.0556. The molecule has 0 saturated carbocycles. The number of hydrogen-bond acceptors (Lipinski definition) is 5. The third kappa shape index (κ3) is 2.15. The van der Waals surface area contributed by atoms with Crippen LogP contribution in [-0.4, -0.2) is 19.5 Å². The molecule has 116 valence electrons. The molecule has 0 spiro atoms. The lowest BCUT2D eigenvalue weighted by molar-refractivity contribution is 1.05. The zero-order valence-electron chi connectivity index (χ0n) is 12.7. The molecule has 2 aromatic heterocycles. The molecule has 0 fully saturated rings. The van der Waals surface area contributed by atoms with Crippen LogP contribution in [0.15, 0.2) is 58.9 Å². The Morgan fingerprint density at radius 2 is 2.04 bits per heavy atom. The minimum absolute atomic E-state index is 0.807. The van der Waals surface area contributed by atoms with Gasteiger partial charge in [0.2, 0.25) is 0 Å². The third-order valence-corrected chi connectivity index (χ3v) is 5.09. The number of fused-ring (bicyclic) bond motifs is 3. The van der Waals surface area contributed by atoms with Gasteiger partial charge in [0.05, 0.1) is 17.6 Å². The van der Waals surface area contributed by atoms with Crippen LogP contribution in [0, 0.1) is 0 Å². The van der Waals surface area contributed by atoms with Gasteiger partial charge in [-0.2, -0.15) is 0 Å². The summed E-state index contributed by atoms with van der Waals surface area (Å²) in [5, 5.41) is 4.29. The maximum absolute atomic E-state index is 4.52. The van der Waals surface area contributed by atoms with Crippen LogP contribution in [0.2, 0.25) is 0 Å². The summed E-state index contributed by atoms with van der Waals surface area (Å²) in [7, 11) is 0. The number of rotatable bonds is 1. The fourth-order valence-electron chi connectivity index (χ4n) is 2.88. The summed E-state index contributed by atoms with van der Waals surface area (Å²) in [4.78, 5) is 14.4. The first-order valence-electron chi connectivity index (χ1n) is 7.69. The summed E-state index contributed by atoms with van der Waals surface area (Å²) in [6.07, 6.45) is 14.7. The van der Waals surface area contributed by atoms with Crippen LogP contribution < -0.4 is 5.32 Å². The van der Waals surface area contributed by atoms with Crippen molar-refractivity contribution in [2.24, 2.45) is 0 Å². The topological polar surface area (TPSA) is 55.6 Å². The summed E-state index contributed by atoms with van der Waals surface area (Å²) in [5.41, 5.74) is 3.24. The number of benzene rings is 1. The Bertz CT molecular complexity index is 1000. The monoisotopic (exact) mass is 331 g/mol. The minimum atomic E-state index is 0.807. The molecule has 1 aromatic carbocycles. The van der Waals surface area contributed by atoms with Crippen molar-refractivity contribution in [2.75, 3.05) is 5.32 Å². The van der Waals surface area contributed by atoms with E-state index in [1.165, 1.54) is 0 Å². The maximum atomic E-state index is 4.52. The van der Waals surface area contributed by atoms with Crippen LogP contribution in [0.25, 0.3) is 23.5 Å². The lowest BCUT2D eigenvalue weighted by atomic mass is 10.1. The van der Waals surface area contributed by atoms with Gasteiger partial charge in [0.25, 0.3) is 0 Å². The quantitative estimate of drug-likeness (QED) is 0.559. The highest BCUT2D eigenvalue weighted by atomic mass is 32.2. The van der Waals surface area contributed by atoms with Crippen molar-refractivity contribution < 1.29 is 0 Å². The van der Waals surface area contributed by atoms with Gasteiger partial charge in [-0.3, -0.25) is 0 Å². The number of allylic oxidation sites excluding steroid dienone is 2. The van der Waals surface area contributed by atoms with Gasteiger partial charge >= 0.3 is 0 Å². The number of imidazole rings is 1. The molecule has 24 heavy (non-hydrogen) atoms. The Hall–Kier alpha value is -2.86. The second-order valence-corrected chi connectivity index (χ2v) is 6.57. The largest absolute Gasteiger partial charge is 0.337 e. The minimum Gasteiger partial charge on any atom is -0.337 e. The first-order chi connectivity index (χ1) is 11.9. The number of nitrogens with zero attached hydrogens (tertiary/aromatic N) is 4. The predicted octanol–water partition coefficient (Wildman–Crippen LogP) is 4.44. The molecule has 3 aromatic rings. The van der Waals surface area contributed by atoms with Gasteiger partial charge in [-0.15, -0.1) is 0 Å². The lowest BCUT2D eigenvalue weighted by Gasteiger charge is -2.19. The second kappa shape index (κ2) is 5.35. The number of hydrogen-bond donors (Lipinski definition) is 1. The number of aromatic nitrogens is 4. The van der Waals surface area contributed by atoms with E-state index in [1.54, 1.807) is 24.2 Å². The highest BCUT2D eigenvalue weighted by molar-refractivity contribution is 7.99. The molecule has 0 aliphatic carbocycles. The van der Waals surface area contributed by atoms with Crippen molar-refractivity contribution in [1.29, 1.82) is 0 Å². The summed E-state index contributed by atoms with van der Waals surface area (Å²) in [5.74, 6) is 1.76. The van der Waals surface area contributed by atoms with Gasteiger partial charge in [-0.05, 0) is 24.6 Å². The normalized spacial score (nSPS) is 14.3. The molecule has 0 unspecified atom stereocenters. The van der Waals surface area contributed by atoms with E-state index in [0.29, 0.717) is 0 Å². The molecule has 1 N–H and O–H groups in total.